The maximum atomic E-state index is 10.9. The molecule has 3 nitrogen and oxygen atoms in total. The molecule has 2 aromatic rings. The van der Waals surface area contributed by atoms with Crippen molar-refractivity contribution in [3.63, 3.8) is 0 Å². The Morgan fingerprint density at radius 3 is 2.65 bits per heavy atom. The summed E-state index contributed by atoms with van der Waals surface area (Å²) in [6.07, 6.45) is 0. The largest absolute Gasteiger partial charge is 0.477 e. The Labute approximate surface area is 99.8 Å². The number of hydrogen-bond donors (Lipinski definition) is 1. The molecule has 1 aromatic heterocycles. The Morgan fingerprint density at radius 1 is 1.18 bits per heavy atom. The first kappa shape index (κ1) is 11.3. The number of benzene rings is 1. The van der Waals surface area contributed by atoms with E-state index in [0.717, 1.165) is 16.7 Å². The van der Waals surface area contributed by atoms with Gasteiger partial charge in [0.15, 0.2) is 0 Å². The number of aromatic nitrogens is 1. The van der Waals surface area contributed by atoms with E-state index in [1.54, 1.807) is 6.07 Å². The summed E-state index contributed by atoms with van der Waals surface area (Å²) in [5.74, 6) is -1.00. The molecule has 1 N–H and O–H groups in total. The quantitative estimate of drug-likeness (QED) is 0.857. The second kappa shape index (κ2) is 4.37. The van der Waals surface area contributed by atoms with Gasteiger partial charge in [-0.05, 0) is 37.6 Å². The normalized spacial score (nSPS) is 10.2. The van der Waals surface area contributed by atoms with E-state index < -0.39 is 5.97 Å². The van der Waals surface area contributed by atoms with Crippen LogP contribution in [0, 0.1) is 13.8 Å². The van der Waals surface area contributed by atoms with E-state index in [1.165, 1.54) is 6.07 Å². The summed E-state index contributed by atoms with van der Waals surface area (Å²) < 4.78 is 0. The van der Waals surface area contributed by atoms with Crippen LogP contribution in [0.4, 0.5) is 0 Å². The van der Waals surface area contributed by atoms with Crippen LogP contribution < -0.4 is 0 Å². The predicted octanol–water partition coefficient (Wildman–Crippen LogP) is 3.06. The third-order valence-corrected chi connectivity index (χ3v) is 2.64. The van der Waals surface area contributed by atoms with Crippen molar-refractivity contribution in [1.29, 1.82) is 0 Å². The van der Waals surface area contributed by atoms with Crippen LogP contribution >= 0.6 is 0 Å². The minimum Gasteiger partial charge on any atom is -0.477 e. The van der Waals surface area contributed by atoms with E-state index in [1.807, 2.05) is 38.1 Å². The number of carbonyl (C=O) groups is 1. The number of rotatable bonds is 2. The maximum Gasteiger partial charge on any atom is 0.354 e. The molecule has 0 saturated heterocycles. The van der Waals surface area contributed by atoms with Gasteiger partial charge in [-0.2, -0.15) is 0 Å². The third kappa shape index (κ3) is 2.33. The van der Waals surface area contributed by atoms with Gasteiger partial charge in [-0.15, -0.1) is 0 Å². The van der Waals surface area contributed by atoms with Crippen LogP contribution in [0.3, 0.4) is 0 Å². The van der Waals surface area contributed by atoms with Crippen LogP contribution in [0.1, 0.15) is 21.6 Å². The van der Waals surface area contributed by atoms with Crippen LogP contribution in [0.25, 0.3) is 11.3 Å². The highest BCUT2D eigenvalue weighted by molar-refractivity contribution is 5.86. The summed E-state index contributed by atoms with van der Waals surface area (Å²) >= 11 is 0. The smallest absolute Gasteiger partial charge is 0.354 e. The average Bonchev–Trinajstić information content (AvgIpc) is 2.32. The molecule has 0 spiro atoms. The summed E-state index contributed by atoms with van der Waals surface area (Å²) in [4.78, 5) is 15.0. The van der Waals surface area contributed by atoms with Crippen molar-refractivity contribution in [2.75, 3.05) is 0 Å². The first-order valence-corrected chi connectivity index (χ1v) is 5.36. The molecule has 0 atom stereocenters. The molecule has 17 heavy (non-hydrogen) atoms. The van der Waals surface area contributed by atoms with Gasteiger partial charge in [0.05, 0.1) is 5.69 Å². The third-order valence-electron chi connectivity index (χ3n) is 2.64. The highest BCUT2D eigenvalue weighted by Gasteiger charge is 2.08. The first-order chi connectivity index (χ1) is 8.08. The number of pyridine rings is 1. The molecule has 0 bridgehead atoms. The lowest BCUT2D eigenvalue weighted by molar-refractivity contribution is 0.0690. The molecule has 0 amide bonds. The van der Waals surface area contributed by atoms with Crippen LogP contribution in [0.5, 0.6) is 0 Å². The highest BCUT2D eigenvalue weighted by atomic mass is 16.4. The molecule has 0 radical (unpaired) electrons. The fourth-order valence-corrected chi connectivity index (χ4v) is 1.72. The maximum absolute atomic E-state index is 10.9. The Hall–Kier alpha value is -2.16. The second-order valence-corrected chi connectivity index (χ2v) is 4.03. The minimum atomic E-state index is -1.00. The lowest BCUT2D eigenvalue weighted by Crippen LogP contribution is -2.01. The number of carboxylic acid groups (broad SMARTS) is 1. The monoisotopic (exact) mass is 227 g/mol. The molecule has 86 valence electrons. The molecule has 0 unspecified atom stereocenters. The van der Waals surface area contributed by atoms with Gasteiger partial charge in [-0.25, -0.2) is 9.78 Å². The van der Waals surface area contributed by atoms with E-state index in [2.05, 4.69) is 4.98 Å². The fraction of sp³-hybridized carbons (Fsp3) is 0.143. The molecule has 1 heterocycles. The van der Waals surface area contributed by atoms with E-state index in [-0.39, 0.29) is 5.69 Å². The molecule has 0 aliphatic rings. The zero-order valence-corrected chi connectivity index (χ0v) is 9.77. The number of aromatic carboxylic acids is 1. The number of hydrogen-bond acceptors (Lipinski definition) is 2. The Balaban J connectivity index is 2.56. The van der Waals surface area contributed by atoms with Crippen LogP contribution in [-0.4, -0.2) is 16.1 Å². The molecular formula is C14H13NO2. The standard InChI is InChI=1S/C14H13NO2/c1-9-6-7-10(2)11(8-9)12-4-3-5-13(15-12)14(16)17/h3-8H,1-2H3,(H,16,17). The predicted molar refractivity (Wildman–Crippen MR) is 66.1 cm³/mol. The first-order valence-electron chi connectivity index (χ1n) is 5.36. The molecule has 0 fully saturated rings. The average molecular weight is 227 g/mol. The van der Waals surface area contributed by atoms with Gasteiger partial charge < -0.3 is 5.11 Å². The van der Waals surface area contributed by atoms with Gasteiger partial charge in [-0.1, -0.05) is 23.8 Å². The number of nitrogens with zero attached hydrogens (tertiary/aromatic N) is 1. The van der Waals surface area contributed by atoms with Crippen LogP contribution in [0.15, 0.2) is 36.4 Å². The van der Waals surface area contributed by atoms with E-state index in [0.29, 0.717) is 5.69 Å². The lowest BCUT2D eigenvalue weighted by atomic mass is 10.0. The molecule has 0 saturated carbocycles. The van der Waals surface area contributed by atoms with Crippen molar-refractivity contribution < 1.29 is 9.90 Å². The number of carboxylic acids is 1. The SMILES string of the molecule is Cc1ccc(C)c(-c2cccc(C(=O)O)n2)c1. The Bertz CT molecular complexity index is 576. The van der Waals surface area contributed by atoms with Crippen molar-refractivity contribution in [2.24, 2.45) is 0 Å². The van der Waals surface area contributed by atoms with Gasteiger partial charge >= 0.3 is 5.97 Å². The molecule has 1 aromatic carbocycles. The van der Waals surface area contributed by atoms with Crippen molar-refractivity contribution in [1.82, 2.24) is 4.98 Å². The van der Waals surface area contributed by atoms with E-state index >= 15 is 0 Å². The molecule has 0 aliphatic heterocycles. The summed E-state index contributed by atoms with van der Waals surface area (Å²) in [5, 5.41) is 8.92. The zero-order valence-electron chi connectivity index (χ0n) is 9.77. The summed E-state index contributed by atoms with van der Waals surface area (Å²) in [5.41, 5.74) is 3.97. The van der Waals surface area contributed by atoms with Gasteiger partial charge in [0, 0.05) is 5.56 Å². The van der Waals surface area contributed by atoms with E-state index in [9.17, 15) is 4.79 Å². The molecule has 0 aliphatic carbocycles. The Morgan fingerprint density at radius 2 is 1.94 bits per heavy atom. The molecule has 3 heteroatoms. The summed E-state index contributed by atoms with van der Waals surface area (Å²) in [7, 11) is 0. The zero-order chi connectivity index (χ0) is 12.4. The fourth-order valence-electron chi connectivity index (χ4n) is 1.72. The van der Waals surface area contributed by atoms with E-state index in [4.69, 9.17) is 5.11 Å². The number of aryl methyl sites for hydroxylation is 2. The second-order valence-electron chi connectivity index (χ2n) is 4.03. The van der Waals surface area contributed by atoms with Crippen LogP contribution in [0.2, 0.25) is 0 Å². The van der Waals surface area contributed by atoms with Gasteiger partial charge in [-0.3, -0.25) is 0 Å². The summed E-state index contributed by atoms with van der Waals surface area (Å²) in [6.45, 7) is 3.99. The summed E-state index contributed by atoms with van der Waals surface area (Å²) in [6, 6.07) is 11.1. The van der Waals surface area contributed by atoms with Crippen molar-refractivity contribution >= 4 is 5.97 Å². The minimum absolute atomic E-state index is 0.0726. The van der Waals surface area contributed by atoms with Gasteiger partial charge in [0.2, 0.25) is 0 Å². The van der Waals surface area contributed by atoms with Crippen molar-refractivity contribution in [2.45, 2.75) is 13.8 Å². The Kier molecular flexibility index (Phi) is 2.91. The topological polar surface area (TPSA) is 50.2 Å². The van der Waals surface area contributed by atoms with Gasteiger partial charge in [0.1, 0.15) is 5.69 Å². The van der Waals surface area contributed by atoms with Gasteiger partial charge in [0.25, 0.3) is 0 Å². The van der Waals surface area contributed by atoms with Crippen LogP contribution in [-0.2, 0) is 0 Å². The van der Waals surface area contributed by atoms with Crippen molar-refractivity contribution in [3.05, 3.63) is 53.2 Å². The van der Waals surface area contributed by atoms with Crippen molar-refractivity contribution in [3.8, 4) is 11.3 Å². The molecule has 2 rings (SSSR count). The lowest BCUT2D eigenvalue weighted by Gasteiger charge is -2.07. The molecular weight excluding hydrogens is 214 g/mol. The highest BCUT2D eigenvalue weighted by Crippen LogP contribution is 2.22.